The molecule has 0 radical (unpaired) electrons. The summed E-state index contributed by atoms with van der Waals surface area (Å²) >= 11 is 1.82. The molecule has 1 aliphatic rings. The predicted molar refractivity (Wildman–Crippen MR) is 133 cm³/mol. The van der Waals surface area contributed by atoms with Crippen molar-refractivity contribution in [1.82, 2.24) is 15.5 Å². The fourth-order valence-corrected chi connectivity index (χ4v) is 4.42. The van der Waals surface area contributed by atoms with Crippen LogP contribution in [0, 0.1) is 0 Å². The molecular weight excluding hydrogens is 406 g/mol. The molecule has 1 aliphatic heterocycles. The van der Waals surface area contributed by atoms with Gasteiger partial charge in [0.2, 0.25) is 0 Å². The summed E-state index contributed by atoms with van der Waals surface area (Å²) in [6.45, 7) is 7.60. The van der Waals surface area contributed by atoms with E-state index in [1.54, 1.807) is 0 Å². The molecule has 170 valence electrons. The van der Waals surface area contributed by atoms with Gasteiger partial charge in [0, 0.05) is 32.2 Å². The van der Waals surface area contributed by atoms with E-state index in [0.29, 0.717) is 12.6 Å². The molecule has 31 heavy (non-hydrogen) atoms. The van der Waals surface area contributed by atoms with Crippen molar-refractivity contribution in [3.63, 3.8) is 0 Å². The Kier molecular flexibility index (Phi) is 9.49. The van der Waals surface area contributed by atoms with Crippen molar-refractivity contribution in [2.24, 2.45) is 4.99 Å². The Labute approximate surface area is 191 Å². The van der Waals surface area contributed by atoms with Crippen LogP contribution in [-0.2, 0) is 6.54 Å². The minimum Gasteiger partial charge on any atom is -0.494 e. The predicted octanol–water partition coefficient (Wildman–Crippen LogP) is 3.80. The number of aliphatic imine (C=N–C) groups is 1. The highest BCUT2D eigenvalue weighted by molar-refractivity contribution is 7.14. The Morgan fingerprint density at radius 2 is 1.97 bits per heavy atom. The number of ether oxygens (including phenoxy) is 1. The number of hydrogen-bond acceptors (Lipinski definition) is 5. The Morgan fingerprint density at radius 3 is 2.61 bits per heavy atom. The van der Waals surface area contributed by atoms with Crippen LogP contribution in [0.4, 0.5) is 5.00 Å². The largest absolute Gasteiger partial charge is 0.494 e. The second-order valence-electron chi connectivity index (χ2n) is 8.20. The summed E-state index contributed by atoms with van der Waals surface area (Å²) in [6, 6.07) is 13.1. The van der Waals surface area contributed by atoms with E-state index < -0.39 is 0 Å². The second kappa shape index (κ2) is 12.6. The number of rotatable bonds is 10. The molecule has 6 nitrogen and oxygen atoms in total. The van der Waals surface area contributed by atoms with Crippen LogP contribution in [0.2, 0.25) is 0 Å². The molecule has 1 fully saturated rings. The Bertz CT molecular complexity index is 768. The lowest BCUT2D eigenvalue weighted by Gasteiger charge is -2.33. The van der Waals surface area contributed by atoms with Gasteiger partial charge in [0.05, 0.1) is 18.2 Å². The number of piperidine rings is 1. The van der Waals surface area contributed by atoms with Crippen molar-refractivity contribution in [3.05, 3.63) is 47.3 Å². The first-order valence-electron chi connectivity index (χ1n) is 11.3. The zero-order valence-electron chi connectivity index (χ0n) is 19.1. The molecule has 3 rings (SSSR count). The Balaban J connectivity index is 1.45. The maximum atomic E-state index is 5.82. The third kappa shape index (κ3) is 8.07. The minimum absolute atomic E-state index is 0.465. The van der Waals surface area contributed by atoms with E-state index in [0.717, 1.165) is 63.8 Å². The highest BCUT2D eigenvalue weighted by Crippen LogP contribution is 2.24. The lowest BCUT2D eigenvalue weighted by Crippen LogP contribution is -2.48. The smallest absolute Gasteiger partial charge is 0.191 e. The van der Waals surface area contributed by atoms with Gasteiger partial charge in [0.15, 0.2) is 5.96 Å². The minimum atomic E-state index is 0.465. The lowest BCUT2D eigenvalue weighted by atomic mass is 10.1. The maximum Gasteiger partial charge on any atom is 0.191 e. The molecule has 2 N–H and O–H groups in total. The first-order chi connectivity index (χ1) is 15.1. The van der Waals surface area contributed by atoms with Crippen molar-refractivity contribution >= 4 is 22.3 Å². The Morgan fingerprint density at radius 1 is 1.19 bits per heavy atom. The molecule has 2 aromatic rings. The van der Waals surface area contributed by atoms with Gasteiger partial charge in [-0.3, -0.25) is 0 Å². The summed E-state index contributed by atoms with van der Waals surface area (Å²) < 4.78 is 5.82. The highest BCUT2D eigenvalue weighted by atomic mass is 32.1. The average Bonchev–Trinajstić information content (AvgIpc) is 3.31. The molecule has 0 bridgehead atoms. The van der Waals surface area contributed by atoms with Crippen LogP contribution in [0.15, 0.2) is 46.8 Å². The molecule has 0 unspecified atom stereocenters. The van der Waals surface area contributed by atoms with Crippen molar-refractivity contribution in [3.8, 4) is 5.75 Å². The molecule has 0 spiro atoms. The van der Waals surface area contributed by atoms with Gasteiger partial charge in [-0.1, -0.05) is 12.1 Å². The van der Waals surface area contributed by atoms with E-state index in [2.05, 4.69) is 71.1 Å². The van der Waals surface area contributed by atoms with Crippen molar-refractivity contribution in [1.29, 1.82) is 0 Å². The number of nitrogens with one attached hydrogen (secondary N) is 2. The van der Waals surface area contributed by atoms with E-state index in [-0.39, 0.29) is 0 Å². The molecule has 7 heteroatoms. The van der Waals surface area contributed by atoms with E-state index >= 15 is 0 Å². The molecular formula is C24H37N5OS. The second-order valence-corrected chi connectivity index (χ2v) is 9.13. The summed E-state index contributed by atoms with van der Waals surface area (Å²) in [5.41, 5.74) is 1.19. The van der Waals surface area contributed by atoms with Crippen molar-refractivity contribution in [2.75, 3.05) is 51.8 Å². The van der Waals surface area contributed by atoms with Gasteiger partial charge in [0.1, 0.15) is 5.75 Å². The van der Waals surface area contributed by atoms with E-state index in [1.165, 1.54) is 10.6 Å². The van der Waals surface area contributed by atoms with Gasteiger partial charge >= 0.3 is 0 Å². The quantitative estimate of drug-likeness (QED) is 0.332. The molecule has 2 heterocycles. The average molecular weight is 444 g/mol. The molecule has 1 aromatic carbocycles. The van der Waals surface area contributed by atoms with Gasteiger partial charge in [-0.15, -0.1) is 11.3 Å². The van der Waals surface area contributed by atoms with E-state index in [1.807, 2.05) is 23.5 Å². The van der Waals surface area contributed by atoms with Crippen molar-refractivity contribution < 1.29 is 4.74 Å². The number of benzene rings is 1. The molecule has 0 aliphatic carbocycles. The number of nitrogens with zero attached hydrogens (tertiary/aromatic N) is 3. The summed E-state index contributed by atoms with van der Waals surface area (Å²) in [7, 11) is 4.17. The van der Waals surface area contributed by atoms with Crippen LogP contribution >= 0.6 is 11.3 Å². The molecule has 0 atom stereocenters. The van der Waals surface area contributed by atoms with Gasteiger partial charge in [-0.25, -0.2) is 4.99 Å². The van der Waals surface area contributed by atoms with Crippen LogP contribution in [0.1, 0.15) is 31.7 Å². The first kappa shape index (κ1) is 23.4. The zero-order chi connectivity index (χ0) is 21.9. The zero-order valence-corrected chi connectivity index (χ0v) is 20.0. The van der Waals surface area contributed by atoms with Crippen molar-refractivity contribution in [2.45, 2.75) is 38.8 Å². The van der Waals surface area contributed by atoms with E-state index in [4.69, 9.17) is 9.73 Å². The molecule has 1 saturated heterocycles. The van der Waals surface area contributed by atoms with Crippen LogP contribution < -0.4 is 20.3 Å². The first-order valence-corrected chi connectivity index (χ1v) is 12.2. The number of hydrogen-bond donors (Lipinski definition) is 2. The summed E-state index contributed by atoms with van der Waals surface area (Å²) in [5, 5.41) is 10.6. The fraction of sp³-hybridized carbons (Fsp3) is 0.542. The van der Waals surface area contributed by atoms with Gasteiger partial charge in [-0.2, -0.15) is 0 Å². The summed E-state index contributed by atoms with van der Waals surface area (Å²) in [4.78, 5) is 9.47. The summed E-state index contributed by atoms with van der Waals surface area (Å²) in [6.07, 6.45) is 3.29. The van der Waals surface area contributed by atoms with Crippen LogP contribution in [0.3, 0.4) is 0 Å². The topological polar surface area (TPSA) is 52.1 Å². The number of guanidine groups is 1. The van der Waals surface area contributed by atoms with Gasteiger partial charge in [-0.05, 0) is 75.5 Å². The van der Waals surface area contributed by atoms with Crippen LogP contribution in [0.5, 0.6) is 5.75 Å². The Hall–Kier alpha value is -2.25. The van der Waals surface area contributed by atoms with Gasteiger partial charge in [0.25, 0.3) is 0 Å². The van der Waals surface area contributed by atoms with Crippen LogP contribution in [-0.4, -0.2) is 63.8 Å². The normalized spacial score (nSPS) is 15.4. The number of anilines is 1. The monoisotopic (exact) mass is 443 g/mol. The lowest BCUT2D eigenvalue weighted by molar-refractivity contribution is 0.281. The summed E-state index contributed by atoms with van der Waals surface area (Å²) in [5.74, 6) is 1.83. The SMILES string of the molecule is CCNC(=NCc1ccc(OCCCN(C)C)cc1)NC1CCN(c2cccs2)CC1. The third-order valence-electron chi connectivity index (χ3n) is 5.36. The van der Waals surface area contributed by atoms with E-state index in [9.17, 15) is 0 Å². The van der Waals surface area contributed by atoms with Gasteiger partial charge < -0.3 is 25.2 Å². The third-order valence-corrected chi connectivity index (χ3v) is 6.29. The maximum absolute atomic E-state index is 5.82. The molecule has 0 saturated carbocycles. The standard InChI is InChI=1S/C24H37N5OS/c1-4-25-24(27-21-12-15-29(16-13-21)23-7-5-18-31-23)26-19-20-8-10-22(11-9-20)30-17-6-14-28(2)3/h5,7-11,18,21H,4,6,12-17,19H2,1-3H3,(H2,25,26,27). The number of thiophene rings is 1. The molecule has 0 amide bonds. The fourth-order valence-electron chi connectivity index (χ4n) is 3.64. The van der Waals surface area contributed by atoms with Crippen LogP contribution in [0.25, 0.3) is 0 Å². The molecule has 1 aromatic heterocycles. The highest BCUT2D eigenvalue weighted by Gasteiger charge is 2.20.